The molecule has 0 aliphatic rings. The monoisotopic (exact) mass is 347 g/mol. The van der Waals surface area contributed by atoms with E-state index in [1.807, 2.05) is 13.8 Å². The lowest BCUT2D eigenvalue weighted by Gasteiger charge is -2.27. The quantitative estimate of drug-likeness (QED) is 0.679. The van der Waals surface area contributed by atoms with E-state index >= 15 is 0 Å². The Labute approximate surface area is 127 Å². The highest BCUT2D eigenvalue weighted by Crippen LogP contribution is 2.22. The molecule has 0 aliphatic heterocycles. The number of unbranched alkanes of at least 4 members (excludes halogenated alkanes) is 2. The lowest BCUT2D eigenvalue weighted by atomic mass is 10.1. The Kier molecular flexibility index (Phi) is 6.59. The molecule has 0 N–H and O–H groups in total. The normalized spacial score (nSPS) is 10.9. The SMILES string of the molecule is CCCCCN(C(=O)c1c(F)cc(Br)cc1F)C(C)C. The first kappa shape index (κ1) is 17.1. The van der Waals surface area contributed by atoms with Crippen LogP contribution >= 0.6 is 15.9 Å². The maximum Gasteiger partial charge on any atom is 0.260 e. The zero-order valence-electron chi connectivity index (χ0n) is 12.0. The molecular formula is C15H20BrF2NO. The molecule has 0 spiro atoms. The van der Waals surface area contributed by atoms with E-state index in [0.29, 0.717) is 6.54 Å². The van der Waals surface area contributed by atoms with Crippen LogP contribution in [0.5, 0.6) is 0 Å². The predicted molar refractivity (Wildman–Crippen MR) is 79.8 cm³/mol. The van der Waals surface area contributed by atoms with E-state index in [2.05, 4.69) is 22.9 Å². The second kappa shape index (κ2) is 7.72. The summed E-state index contributed by atoms with van der Waals surface area (Å²) in [4.78, 5) is 13.9. The molecule has 0 aliphatic carbocycles. The molecule has 0 saturated heterocycles. The van der Waals surface area contributed by atoms with Crippen molar-refractivity contribution in [3.05, 3.63) is 33.8 Å². The Morgan fingerprint density at radius 1 is 1.25 bits per heavy atom. The third-order valence-electron chi connectivity index (χ3n) is 3.11. The molecule has 1 aromatic carbocycles. The minimum absolute atomic E-state index is 0.0956. The molecule has 20 heavy (non-hydrogen) atoms. The van der Waals surface area contributed by atoms with Crippen LogP contribution in [0, 0.1) is 11.6 Å². The van der Waals surface area contributed by atoms with E-state index in [9.17, 15) is 13.6 Å². The van der Waals surface area contributed by atoms with Gasteiger partial charge in [-0.05, 0) is 32.4 Å². The number of hydrogen-bond acceptors (Lipinski definition) is 1. The molecule has 0 saturated carbocycles. The molecule has 1 amide bonds. The number of benzene rings is 1. The Balaban J connectivity index is 3.01. The fourth-order valence-corrected chi connectivity index (χ4v) is 2.42. The van der Waals surface area contributed by atoms with Crippen molar-refractivity contribution in [3.63, 3.8) is 0 Å². The highest BCUT2D eigenvalue weighted by molar-refractivity contribution is 9.10. The second-order valence-electron chi connectivity index (χ2n) is 5.04. The van der Waals surface area contributed by atoms with Crippen molar-refractivity contribution in [3.8, 4) is 0 Å². The van der Waals surface area contributed by atoms with Crippen LogP contribution in [0.2, 0.25) is 0 Å². The van der Waals surface area contributed by atoms with Crippen molar-refractivity contribution in [2.75, 3.05) is 6.54 Å². The number of rotatable bonds is 6. The van der Waals surface area contributed by atoms with Crippen molar-refractivity contribution >= 4 is 21.8 Å². The van der Waals surface area contributed by atoms with Crippen molar-refractivity contribution < 1.29 is 13.6 Å². The smallest absolute Gasteiger partial charge is 0.260 e. The predicted octanol–water partition coefficient (Wildman–Crippen LogP) is 4.77. The van der Waals surface area contributed by atoms with Gasteiger partial charge in [0.15, 0.2) is 0 Å². The number of hydrogen-bond donors (Lipinski definition) is 0. The fourth-order valence-electron chi connectivity index (χ4n) is 2.02. The van der Waals surface area contributed by atoms with Gasteiger partial charge in [0.2, 0.25) is 0 Å². The van der Waals surface area contributed by atoms with Gasteiger partial charge in [-0.25, -0.2) is 8.78 Å². The first-order valence-electron chi connectivity index (χ1n) is 6.84. The highest BCUT2D eigenvalue weighted by atomic mass is 79.9. The van der Waals surface area contributed by atoms with Gasteiger partial charge in [-0.2, -0.15) is 0 Å². The standard InChI is InChI=1S/C15H20BrF2NO/c1-4-5-6-7-19(10(2)3)15(20)14-12(17)8-11(16)9-13(14)18/h8-10H,4-7H2,1-3H3. The van der Waals surface area contributed by atoms with Crippen LogP contribution in [0.15, 0.2) is 16.6 Å². The first-order chi connectivity index (χ1) is 9.38. The van der Waals surface area contributed by atoms with E-state index in [1.54, 1.807) is 0 Å². The molecule has 0 radical (unpaired) electrons. The third-order valence-corrected chi connectivity index (χ3v) is 3.57. The molecular weight excluding hydrogens is 328 g/mol. The zero-order valence-corrected chi connectivity index (χ0v) is 13.6. The van der Waals surface area contributed by atoms with Crippen molar-refractivity contribution in [1.82, 2.24) is 4.90 Å². The van der Waals surface area contributed by atoms with Gasteiger partial charge in [0, 0.05) is 17.1 Å². The molecule has 0 bridgehead atoms. The Morgan fingerprint density at radius 3 is 2.25 bits per heavy atom. The van der Waals surface area contributed by atoms with Crippen LogP contribution in [-0.2, 0) is 0 Å². The van der Waals surface area contributed by atoms with Crippen molar-refractivity contribution in [1.29, 1.82) is 0 Å². The summed E-state index contributed by atoms with van der Waals surface area (Å²) in [6, 6.07) is 2.13. The molecule has 1 aromatic rings. The van der Waals surface area contributed by atoms with Crippen LogP contribution in [0.3, 0.4) is 0 Å². The first-order valence-corrected chi connectivity index (χ1v) is 7.63. The van der Waals surface area contributed by atoms with Gasteiger partial charge >= 0.3 is 0 Å². The largest absolute Gasteiger partial charge is 0.336 e. The fraction of sp³-hybridized carbons (Fsp3) is 0.533. The van der Waals surface area contributed by atoms with Crippen LogP contribution in [0.4, 0.5) is 8.78 Å². The minimum atomic E-state index is -0.831. The van der Waals surface area contributed by atoms with E-state index in [-0.39, 0.29) is 10.5 Å². The average Bonchev–Trinajstić information content (AvgIpc) is 2.32. The van der Waals surface area contributed by atoms with E-state index in [0.717, 1.165) is 31.4 Å². The number of carbonyl (C=O) groups is 1. The van der Waals surface area contributed by atoms with Crippen LogP contribution < -0.4 is 0 Å². The summed E-state index contributed by atoms with van der Waals surface area (Å²) in [5.41, 5.74) is -0.474. The molecule has 0 unspecified atom stereocenters. The summed E-state index contributed by atoms with van der Waals surface area (Å²) in [6.07, 6.45) is 2.85. The molecule has 1 rings (SSSR count). The van der Waals surface area contributed by atoms with Gasteiger partial charge in [0.05, 0.1) is 0 Å². The average molecular weight is 348 g/mol. The van der Waals surface area contributed by atoms with Gasteiger partial charge in [0.1, 0.15) is 17.2 Å². The van der Waals surface area contributed by atoms with Gasteiger partial charge in [-0.3, -0.25) is 4.79 Å². The molecule has 5 heteroatoms. The van der Waals surface area contributed by atoms with Gasteiger partial charge in [0.25, 0.3) is 5.91 Å². The maximum atomic E-state index is 13.9. The molecule has 0 aromatic heterocycles. The maximum absolute atomic E-state index is 13.9. The molecule has 2 nitrogen and oxygen atoms in total. The van der Waals surface area contributed by atoms with Crippen molar-refractivity contribution in [2.24, 2.45) is 0 Å². The third kappa shape index (κ3) is 4.27. The van der Waals surface area contributed by atoms with Crippen LogP contribution in [-0.4, -0.2) is 23.4 Å². The Bertz CT molecular complexity index is 454. The zero-order chi connectivity index (χ0) is 15.3. The Hall–Kier alpha value is -0.970. The highest BCUT2D eigenvalue weighted by Gasteiger charge is 2.25. The minimum Gasteiger partial charge on any atom is -0.336 e. The summed E-state index contributed by atoms with van der Waals surface area (Å²) in [5, 5.41) is 0. The number of nitrogens with zero attached hydrogens (tertiary/aromatic N) is 1. The van der Waals surface area contributed by atoms with E-state index in [4.69, 9.17) is 0 Å². The topological polar surface area (TPSA) is 20.3 Å². The summed E-state index contributed by atoms with van der Waals surface area (Å²) >= 11 is 3.01. The summed E-state index contributed by atoms with van der Waals surface area (Å²) in [5.74, 6) is -2.25. The van der Waals surface area contributed by atoms with Crippen LogP contribution in [0.25, 0.3) is 0 Å². The number of halogens is 3. The number of carbonyl (C=O) groups excluding carboxylic acids is 1. The van der Waals surface area contributed by atoms with Crippen molar-refractivity contribution in [2.45, 2.75) is 46.1 Å². The summed E-state index contributed by atoms with van der Waals surface area (Å²) in [7, 11) is 0. The molecule has 0 atom stereocenters. The van der Waals surface area contributed by atoms with Gasteiger partial charge < -0.3 is 4.90 Å². The molecule has 0 heterocycles. The number of amides is 1. The Morgan fingerprint density at radius 2 is 1.80 bits per heavy atom. The summed E-state index contributed by atoms with van der Waals surface area (Å²) < 4.78 is 28.0. The summed E-state index contributed by atoms with van der Waals surface area (Å²) in [6.45, 7) is 6.27. The molecule has 112 valence electrons. The van der Waals surface area contributed by atoms with E-state index < -0.39 is 23.1 Å². The van der Waals surface area contributed by atoms with Crippen LogP contribution in [0.1, 0.15) is 50.4 Å². The van der Waals surface area contributed by atoms with Gasteiger partial charge in [-0.15, -0.1) is 0 Å². The lowest BCUT2D eigenvalue weighted by Crippen LogP contribution is -2.38. The second-order valence-corrected chi connectivity index (χ2v) is 5.96. The van der Waals surface area contributed by atoms with Gasteiger partial charge in [-0.1, -0.05) is 35.7 Å². The van der Waals surface area contributed by atoms with E-state index in [1.165, 1.54) is 4.90 Å². The lowest BCUT2D eigenvalue weighted by molar-refractivity contribution is 0.0692. The molecule has 0 fully saturated rings.